The van der Waals surface area contributed by atoms with Crippen molar-refractivity contribution in [3.63, 3.8) is 0 Å². The van der Waals surface area contributed by atoms with Crippen LogP contribution < -0.4 is 11.6 Å². The Hall–Kier alpha value is -1.75. The van der Waals surface area contributed by atoms with Gasteiger partial charge in [0.1, 0.15) is 5.70 Å². The Balaban J connectivity index is 3.07. The van der Waals surface area contributed by atoms with Crippen LogP contribution in [0.2, 0.25) is 0 Å². The maximum atomic E-state index is 11.1. The molecule has 0 aromatic rings. The Labute approximate surface area is 82.3 Å². The van der Waals surface area contributed by atoms with Gasteiger partial charge in [0.25, 0.3) is 0 Å². The van der Waals surface area contributed by atoms with Crippen molar-refractivity contribution in [1.29, 1.82) is 0 Å². The van der Waals surface area contributed by atoms with Gasteiger partial charge in [-0.3, -0.25) is 5.01 Å². The molecule has 0 bridgehead atoms. The molecule has 1 aliphatic rings. The van der Waals surface area contributed by atoms with Crippen molar-refractivity contribution in [2.75, 3.05) is 7.11 Å². The maximum Gasteiger partial charge on any atom is 0.356 e. The summed E-state index contributed by atoms with van der Waals surface area (Å²) in [6, 6.07) is 0. The average molecular weight is 195 g/mol. The molecular weight excluding hydrogens is 182 g/mol. The lowest BCUT2D eigenvalue weighted by molar-refractivity contribution is -0.136. The van der Waals surface area contributed by atoms with Crippen LogP contribution in [0.3, 0.4) is 0 Å². The monoisotopic (exact) mass is 195 g/mol. The fraction of sp³-hybridized carbons (Fsp3) is 0.222. The highest BCUT2D eigenvalue weighted by atomic mass is 16.5. The highest BCUT2D eigenvalue weighted by molar-refractivity contribution is 5.88. The summed E-state index contributed by atoms with van der Waals surface area (Å²) >= 11 is 0. The van der Waals surface area contributed by atoms with Crippen LogP contribution in [-0.4, -0.2) is 18.1 Å². The van der Waals surface area contributed by atoms with Crippen LogP contribution in [0.15, 0.2) is 35.3 Å². The van der Waals surface area contributed by atoms with Gasteiger partial charge in [0.2, 0.25) is 0 Å². The molecule has 1 aliphatic heterocycles. The number of hydrogen-bond donors (Lipinski definition) is 2. The van der Waals surface area contributed by atoms with Crippen molar-refractivity contribution in [2.24, 2.45) is 11.6 Å². The zero-order chi connectivity index (χ0) is 10.7. The first kappa shape index (κ1) is 10.3. The number of allylic oxidation sites excluding steroid dienone is 3. The molecule has 76 valence electrons. The summed E-state index contributed by atoms with van der Waals surface area (Å²) in [5.41, 5.74) is 6.97. The number of ether oxygens (including phenoxy) is 1. The van der Waals surface area contributed by atoms with E-state index in [0.717, 1.165) is 5.57 Å². The van der Waals surface area contributed by atoms with Crippen LogP contribution in [0.5, 0.6) is 0 Å². The number of carbonyl (C=O) groups excluding carboxylic acids is 1. The SMILES string of the molecule is COC(=O)/C(N)=C1\C=C(C)C=CN1N. The van der Waals surface area contributed by atoms with Crippen LogP contribution in [0, 0.1) is 0 Å². The van der Waals surface area contributed by atoms with Gasteiger partial charge >= 0.3 is 5.97 Å². The lowest BCUT2D eigenvalue weighted by Gasteiger charge is -2.20. The third kappa shape index (κ3) is 1.94. The minimum Gasteiger partial charge on any atom is -0.464 e. The van der Waals surface area contributed by atoms with E-state index in [1.54, 1.807) is 12.3 Å². The van der Waals surface area contributed by atoms with Gasteiger partial charge in [0, 0.05) is 6.20 Å². The first-order valence-corrected chi connectivity index (χ1v) is 4.04. The largest absolute Gasteiger partial charge is 0.464 e. The fourth-order valence-corrected chi connectivity index (χ4v) is 1.05. The topological polar surface area (TPSA) is 81.6 Å². The molecule has 0 unspecified atom stereocenters. The molecule has 4 N–H and O–H groups in total. The molecule has 5 nitrogen and oxygen atoms in total. The second-order valence-electron chi connectivity index (χ2n) is 2.90. The Kier molecular flexibility index (Phi) is 2.93. The standard InChI is InChI=1S/C9H13N3O2/c1-6-3-4-12(11)7(5-6)8(10)9(13)14-2/h3-5H,10-11H2,1-2H3/b8-7-. The number of nitrogens with two attached hydrogens (primary N) is 2. The number of carbonyl (C=O) groups is 1. The van der Waals surface area contributed by atoms with Gasteiger partial charge in [-0.15, -0.1) is 0 Å². The molecule has 1 rings (SSSR count). The molecule has 0 amide bonds. The third-order valence-electron chi connectivity index (χ3n) is 1.82. The molecule has 0 spiro atoms. The lowest BCUT2D eigenvalue weighted by Crippen LogP contribution is -2.30. The number of esters is 1. The Morgan fingerprint density at radius 2 is 2.21 bits per heavy atom. The van der Waals surface area contributed by atoms with Crippen LogP contribution in [0.1, 0.15) is 6.92 Å². The molecule has 0 radical (unpaired) electrons. The van der Waals surface area contributed by atoms with Gasteiger partial charge in [0.05, 0.1) is 12.8 Å². The highest BCUT2D eigenvalue weighted by Crippen LogP contribution is 2.15. The van der Waals surface area contributed by atoms with Crippen molar-refractivity contribution in [2.45, 2.75) is 6.92 Å². The number of nitrogens with zero attached hydrogens (tertiary/aromatic N) is 1. The molecule has 0 atom stereocenters. The van der Waals surface area contributed by atoms with Crippen LogP contribution in [0.25, 0.3) is 0 Å². The van der Waals surface area contributed by atoms with Gasteiger partial charge < -0.3 is 10.5 Å². The van der Waals surface area contributed by atoms with Gasteiger partial charge in [-0.05, 0) is 24.6 Å². The van der Waals surface area contributed by atoms with E-state index in [-0.39, 0.29) is 5.70 Å². The van der Waals surface area contributed by atoms with Crippen molar-refractivity contribution < 1.29 is 9.53 Å². The van der Waals surface area contributed by atoms with E-state index in [9.17, 15) is 4.79 Å². The zero-order valence-corrected chi connectivity index (χ0v) is 8.15. The molecule has 0 fully saturated rings. The highest BCUT2D eigenvalue weighted by Gasteiger charge is 2.15. The van der Waals surface area contributed by atoms with Crippen LogP contribution >= 0.6 is 0 Å². The molecule has 0 aliphatic carbocycles. The molecule has 0 saturated heterocycles. The van der Waals surface area contributed by atoms with Gasteiger partial charge in [-0.25, -0.2) is 10.6 Å². The minimum atomic E-state index is -0.588. The first-order valence-electron chi connectivity index (χ1n) is 4.04. The summed E-state index contributed by atoms with van der Waals surface area (Å²) in [7, 11) is 1.27. The van der Waals surface area contributed by atoms with E-state index < -0.39 is 5.97 Å². The predicted molar refractivity (Wildman–Crippen MR) is 52.2 cm³/mol. The first-order chi connectivity index (χ1) is 6.56. The second-order valence-corrected chi connectivity index (χ2v) is 2.90. The lowest BCUT2D eigenvalue weighted by atomic mass is 10.1. The number of methoxy groups -OCH3 is 1. The van der Waals surface area contributed by atoms with Crippen LogP contribution in [0.4, 0.5) is 0 Å². The van der Waals surface area contributed by atoms with E-state index in [1.165, 1.54) is 12.1 Å². The van der Waals surface area contributed by atoms with E-state index in [2.05, 4.69) is 4.74 Å². The predicted octanol–water partition coefficient (Wildman–Crippen LogP) is -0.0210. The van der Waals surface area contributed by atoms with Crippen molar-refractivity contribution in [1.82, 2.24) is 5.01 Å². The van der Waals surface area contributed by atoms with Crippen LogP contribution in [-0.2, 0) is 9.53 Å². The summed E-state index contributed by atoms with van der Waals surface area (Å²) in [5, 5.41) is 1.28. The third-order valence-corrected chi connectivity index (χ3v) is 1.82. The minimum absolute atomic E-state index is 0.00120. The van der Waals surface area contributed by atoms with E-state index >= 15 is 0 Å². The molecule has 14 heavy (non-hydrogen) atoms. The van der Waals surface area contributed by atoms with Gasteiger partial charge in [0.15, 0.2) is 0 Å². The summed E-state index contributed by atoms with van der Waals surface area (Å²) < 4.78 is 4.49. The Morgan fingerprint density at radius 1 is 1.57 bits per heavy atom. The second kappa shape index (κ2) is 3.97. The molecule has 1 heterocycles. The van der Waals surface area contributed by atoms with Crippen molar-refractivity contribution in [3.05, 3.63) is 35.3 Å². The van der Waals surface area contributed by atoms with Crippen molar-refractivity contribution in [3.8, 4) is 0 Å². The van der Waals surface area contributed by atoms with E-state index in [4.69, 9.17) is 11.6 Å². The molecule has 0 aromatic carbocycles. The average Bonchev–Trinajstić information content (AvgIpc) is 2.19. The van der Waals surface area contributed by atoms with E-state index in [0.29, 0.717) is 5.70 Å². The number of hydrazine groups is 1. The Bertz CT molecular complexity index is 342. The maximum absolute atomic E-state index is 11.1. The number of hydrogen-bond acceptors (Lipinski definition) is 5. The fourth-order valence-electron chi connectivity index (χ4n) is 1.05. The summed E-state index contributed by atoms with van der Waals surface area (Å²) in [4.78, 5) is 11.1. The quantitative estimate of drug-likeness (QED) is 0.349. The number of rotatable bonds is 1. The van der Waals surface area contributed by atoms with Crippen molar-refractivity contribution >= 4 is 5.97 Å². The Morgan fingerprint density at radius 3 is 2.79 bits per heavy atom. The van der Waals surface area contributed by atoms with Gasteiger partial charge in [-0.1, -0.05) is 0 Å². The molecular formula is C9H13N3O2. The summed E-state index contributed by atoms with van der Waals surface area (Å²) in [6.45, 7) is 1.88. The zero-order valence-electron chi connectivity index (χ0n) is 8.15. The molecule has 5 heteroatoms. The van der Waals surface area contributed by atoms with Gasteiger partial charge in [-0.2, -0.15) is 0 Å². The smallest absolute Gasteiger partial charge is 0.356 e. The normalized spacial score (nSPS) is 19.1. The molecule has 0 aromatic heterocycles. The van der Waals surface area contributed by atoms with E-state index in [1.807, 2.05) is 13.0 Å². The summed E-state index contributed by atoms with van der Waals surface area (Å²) in [6.07, 6.45) is 5.15. The summed E-state index contributed by atoms with van der Waals surface area (Å²) in [5.74, 6) is 5.00. The molecule has 0 saturated carbocycles.